The van der Waals surface area contributed by atoms with Crippen LogP contribution in [0.5, 0.6) is 5.88 Å². The fourth-order valence-corrected chi connectivity index (χ4v) is 2.96. The van der Waals surface area contributed by atoms with Crippen LogP contribution >= 0.6 is 11.3 Å². The predicted octanol–water partition coefficient (Wildman–Crippen LogP) is 2.29. The fraction of sp³-hybridized carbons (Fsp3) is 0.286. The molecule has 104 valence electrons. The van der Waals surface area contributed by atoms with Gasteiger partial charge in [0.15, 0.2) is 0 Å². The molecule has 0 aliphatic rings. The van der Waals surface area contributed by atoms with Crippen LogP contribution in [0.2, 0.25) is 0 Å². The summed E-state index contributed by atoms with van der Waals surface area (Å²) in [4.78, 5) is 15.6. The second-order valence-corrected chi connectivity index (χ2v) is 5.46. The molecule has 1 N–H and O–H groups in total. The monoisotopic (exact) mass is 289 g/mol. The van der Waals surface area contributed by atoms with E-state index in [1.54, 1.807) is 6.20 Å². The van der Waals surface area contributed by atoms with E-state index >= 15 is 0 Å². The van der Waals surface area contributed by atoms with E-state index in [4.69, 9.17) is 0 Å². The molecule has 0 saturated heterocycles. The van der Waals surface area contributed by atoms with Crippen LogP contribution in [0.15, 0.2) is 40.8 Å². The molecule has 0 aliphatic carbocycles. The zero-order valence-electron chi connectivity index (χ0n) is 10.9. The van der Waals surface area contributed by atoms with Crippen molar-refractivity contribution in [2.24, 2.45) is 0 Å². The summed E-state index contributed by atoms with van der Waals surface area (Å²) in [5, 5.41) is 11.0. The molecule has 3 aromatic heterocycles. The Balaban J connectivity index is 1.61. The number of hydrogen-bond donors (Lipinski definition) is 1. The lowest BCUT2D eigenvalue weighted by molar-refractivity contribution is 0.407. The lowest BCUT2D eigenvalue weighted by Crippen LogP contribution is -2.12. The van der Waals surface area contributed by atoms with E-state index in [-0.39, 0.29) is 10.8 Å². The van der Waals surface area contributed by atoms with E-state index in [1.807, 2.05) is 18.3 Å². The van der Waals surface area contributed by atoms with Crippen LogP contribution in [0.1, 0.15) is 18.5 Å². The van der Waals surface area contributed by atoms with Crippen LogP contribution < -0.4 is 4.87 Å². The Morgan fingerprint density at radius 1 is 1.30 bits per heavy atom. The smallest absolute Gasteiger partial charge is 0.309 e. The van der Waals surface area contributed by atoms with Crippen molar-refractivity contribution in [2.45, 2.75) is 25.8 Å². The number of aryl methyl sites for hydroxylation is 1. The number of nitrogens with zero attached hydrogens (tertiary/aromatic N) is 3. The lowest BCUT2D eigenvalue weighted by Gasteiger charge is -2.06. The maximum absolute atomic E-state index is 11.5. The third-order valence-electron chi connectivity index (χ3n) is 3.34. The number of imidazole rings is 1. The van der Waals surface area contributed by atoms with Gasteiger partial charge in [-0.05, 0) is 31.4 Å². The normalized spacial score (nSPS) is 11.2. The van der Waals surface area contributed by atoms with Crippen molar-refractivity contribution < 1.29 is 5.11 Å². The first kappa shape index (κ1) is 12.9. The number of unbranched alkanes of at least 4 members (excludes halogenated alkanes) is 1. The molecule has 6 heteroatoms. The van der Waals surface area contributed by atoms with E-state index < -0.39 is 0 Å². The Morgan fingerprint density at radius 3 is 3.00 bits per heavy atom. The summed E-state index contributed by atoms with van der Waals surface area (Å²) in [6.07, 6.45) is 6.49. The highest BCUT2D eigenvalue weighted by atomic mass is 32.1. The van der Waals surface area contributed by atoms with E-state index in [0.717, 1.165) is 36.2 Å². The Morgan fingerprint density at radius 2 is 2.20 bits per heavy atom. The van der Waals surface area contributed by atoms with Crippen molar-refractivity contribution in [3.8, 4) is 5.88 Å². The van der Waals surface area contributed by atoms with Crippen molar-refractivity contribution in [3.63, 3.8) is 0 Å². The summed E-state index contributed by atoms with van der Waals surface area (Å²) in [6.45, 7) is 0.564. The number of hydrogen-bond acceptors (Lipinski definition) is 4. The average Bonchev–Trinajstić information content (AvgIpc) is 3.04. The summed E-state index contributed by atoms with van der Waals surface area (Å²) in [5.74, 6) is 0.0664. The molecule has 0 fully saturated rings. The van der Waals surface area contributed by atoms with Crippen molar-refractivity contribution >= 4 is 17.0 Å². The number of rotatable bonds is 5. The number of fused-ring (bicyclic) bond motifs is 1. The number of aromatic nitrogens is 3. The van der Waals surface area contributed by atoms with Crippen molar-refractivity contribution in [1.29, 1.82) is 0 Å². The molecule has 0 saturated carbocycles. The average molecular weight is 289 g/mol. The molecular formula is C14H15N3O2S. The molecule has 0 atom stereocenters. The molecule has 0 unspecified atom stereocenters. The van der Waals surface area contributed by atoms with Crippen LogP contribution in [0.4, 0.5) is 0 Å². The Labute approximate surface area is 119 Å². The van der Waals surface area contributed by atoms with Gasteiger partial charge < -0.3 is 9.51 Å². The second kappa shape index (κ2) is 5.50. The minimum Gasteiger partial charge on any atom is -0.494 e. The number of thiazole rings is 1. The summed E-state index contributed by atoms with van der Waals surface area (Å²) < 4.78 is 3.50. The molecular weight excluding hydrogens is 274 g/mol. The standard InChI is InChI=1S/C14H15N3O2S/c18-13-10-20-14(19)17(13)8-2-1-4-11-5-3-6-12-15-7-9-16(11)12/h3,5-7,9-10,18H,1-2,4,8H2. The molecule has 5 nitrogen and oxygen atoms in total. The quantitative estimate of drug-likeness (QED) is 0.733. The van der Waals surface area contributed by atoms with Crippen LogP contribution in [0.25, 0.3) is 5.65 Å². The molecule has 3 aromatic rings. The highest BCUT2D eigenvalue weighted by Crippen LogP contribution is 2.12. The zero-order chi connectivity index (χ0) is 13.9. The second-order valence-electron chi connectivity index (χ2n) is 4.64. The first-order valence-electron chi connectivity index (χ1n) is 6.54. The van der Waals surface area contributed by atoms with Gasteiger partial charge >= 0.3 is 4.87 Å². The van der Waals surface area contributed by atoms with Gasteiger partial charge in [0.25, 0.3) is 0 Å². The van der Waals surface area contributed by atoms with Gasteiger partial charge in [0, 0.05) is 24.6 Å². The molecule has 0 radical (unpaired) electrons. The Hall–Kier alpha value is -2.08. The first-order valence-corrected chi connectivity index (χ1v) is 7.42. The molecule has 3 heterocycles. The summed E-state index contributed by atoms with van der Waals surface area (Å²) in [6, 6.07) is 6.07. The lowest BCUT2D eigenvalue weighted by atomic mass is 10.1. The van der Waals surface area contributed by atoms with E-state index in [9.17, 15) is 9.90 Å². The van der Waals surface area contributed by atoms with Crippen molar-refractivity contribution in [2.75, 3.05) is 0 Å². The SMILES string of the molecule is O=c1scc(O)n1CCCCc1cccc2nccn12. The Kier molecular flexibility index (Phi) is 3.56. The summed E-state index contributed by atoms with van der Waals surface area (Å²) >= 11 is 1.03. The minimum absolute atomic E-state index is 0.0664. The van der Waals surface area contributed by atoms with Crippen molar-refractivity contribution in [3.05, 3.63) is 51.3 Å². The number of aromatic hydroxyl groups is 1. The van der Waals surface area contributed by atoms with Crippen LogP contribution in [0, 0.1) is 0 Å². The van der Waals surface area contributed by atoms with Crippen molar-refractivity contribution in [1.82, 2.24) is 14.0 Å². The maximum Gasteiger partial charge on any atom is 0.309 e. The van der Waals surface area contributed by atoms with E-state index in [0.29, 0.717) is 6.54 Å². The Bertz CT molecular complexity index is 772. The number of pyridine rings is 1. The molecule has 0 bridgehead atoms. The van der Waals surface area contributed by atoms with Crippen LogP contribution in [-0.2, 0) is 13.0 Å². The van der Waals surface area contributed by atoms with Gasteiger partial charge in [0.1, 0.15) is 5.65 Å². The van der Waals surface area contributed by atoms with E-state index in [1.165, 1.54) is 15.6 Å². The third kappa shape index (κ3) is 2.46. The minimum atomic E-state index is -0.0980. The maximum atomic E-state index is 11.5. The van der Waals surface area contributed by atoms with Gasteiger partial charge in [-0.1, -0.05) is 17.4 Å². The molecule has 0 amide bonds. The van der Waals surface area contributed by atoms with Gasteiger partial charge in [-0.3, -0.25) is 9.36 Å². The zero-order valence-corrected chi connectivity index (χ0v) is 11.7. The molecule has 0 spiro atoms. The highest BCUT2D eigenvalue weighted by Gasteiger charge is 2.05. The first-order chi connectivity index (χ1) is 9.75. The van der Waals surface area contributed by atoms with Crippen LogP contribution in [-0.4, -0.2) is 19.1 Å². The fourth-order valence-electron chi connectivity index (χ4n) is 2.32. The van der Waals surface area contributed by atoms with Gasteiger partial charge in [-0.25, -0.2) is 4.98 Å². The highest BCUT2D eigenvalue weighted by molar-refractivity contribution is 7.07. The van der Waals surface area contributed by atoms with Crippen LogP contribution in [0.3, 0.4) is 0 Å². The predicted molar refractivity (Wildman–Crippen MR) is 78.4 cm³/mol. The van der Waals surface area contributed by atoms with Gasteiger partial charge in [0.2, 0.25) is 5.88 Å². The third-order valence-corrected chi connectivity index (χ3v) is 4.09. The molecule has 0 aromatic carbocycles. The molecule has 20 heavy (non-hydrogen) atoms. The van der Waals surface area contributed by atoms with Gasteiger partial charge in [0.05, 0.1) is 5.38 Å². The molecule has 0 aliphatic heterocycles. The molecule has 3 rings (SSSR count). The summed E-state index contributed by atoms with van der Waals surface area (Å²) in [5.41, 5.74) is 2.16. The van der Waals surface area contributed by atoms with Gasteiger partial charge in [-0.15, -0.1) is 0 Å². The summed E-state index contributed by atoms with van der Waals surface area (Å²) in [7, 11) is 0. The van der Waals surface area contributed by atoms with E-state index in [2.05, 4.69) is 15.5 Å². The van der Waals surface area contributed by atoms with Gasteiger partial charge in [-0.2, -0.15) is 0 Å². The largest absolute Gasteiger partial charge is 0.494 e. The topological polar surface area (TPSA) is 59.5 Å².